The fourth-order valence-corrected chi connectivity index (χ4v) is 3.00. The lowest BCUT2D eigenvalue weighted by Gasteiger charge is -2.05. The average molecular weight is 457 g/mol. The number of aliphatic hydroxyl groups is 1. The Morgan fingerprint density at radius 2 is 1.67 bits per heavy atom. The van der Waals surface area contributed by atoms with Crippen LogP contribution in [0.4, 0.5) is 0 Å². The number of carbonyl (C=O) groups excluding carboxylic acids is 1. The van der Waals surface area contributed by atoms with Crippen LogP contribution in [0.25, 0.3) is 21.8 Å². The van der Waals surface area contributed by atoms with Gasteiger partial charge in [0, 0.05) is 35.2 Å². The Kier molecular flexibility index (Phi) is 11.0. The molecule has 0 spiro atoms. The number of carboxylic acid groups (broad SMARTS) is 1. The summed E-state index contributed by atoms with van der Waals surface area (Å²) in [6.45, 7) is 3.85. The molecular weight excluding hydrogens is 424 g/mol. The predicted octanol–water partition coefficient (Wildman–Crippen LogP) is 1.59. The highest BCUT2D eigenvalue weighted by molar-refractivity contribution is 5.85. The van der Waals surface area contributed by atoms with Gasteiger partial charge in [0.2, 0.25) is 0 Å². The topological polar surface area (TPSA) is 190 Å². The summed E-state index contributed by atoms with van der Waals surface area (Å²) in [5.74, 6) is -0.970. The molecule has 9 nitrogen and oxygen atoms in total. The summed E-state index contributed by atoms with van der Waals surface area (Å²) in [5.41, 5.74) is 16.0. The number of aliphatic hydroxyl groups excluding tert-OH is 1. The van der Waals surface area contributed by atoms with Gasteiger partial charge in [-0.1, -0.05) is 23.3 Å². The first-order valence-corrected chi connectivity index (χ1v) is 10.2. The van der Waals surface area contributed by atoms with E-state index >= 15 is 0 Å². The number of carboxylic acids is 1. The summed E-state index contributed by atoms with van der Waals surface area (Å²) in [4.78, 5) is 26.4. The van der Waals surface area contributed by atoms with Gasteiger partial charge < -0.3 is 41.9 Å². The lowest BCUT2D eigenvalue weighted by atomic mass is 10.0. The van der Waals surface area contributed by atoms with Crippen LogP contribution in [0.3, 0.4) is 0 Å². The normalized spacial score (nSPS) is 11.9. The molecule has 0 saturated carbocycles. The third-order valence-electron chi connectivity index (χ3n) is 4.77. The summed E-state index contributed by atoms with van der Waals surface area (Å²) in [6.07, 6.45) is 4.63. The van der Waals surface area contributed by atoms with E-state index in [1.807, 2.05) is 37.5 Å². The molecule has 33 heavy (non-hydrogen) atoms. The molecule has 10 N–H and O–H groups in total. The van der Waals surface area contributed by atoms with E-state index in [1.165, 1.54) is 16.5 Å². The molecule has 0 fully saturated rings. The van der Waals surface area contributed by atoms with Crippen molar-refractivity contribution in [2.24, 2.45) is 11.5 Å². The van der Waals surface area contributed by atoms with E-state index in [2.05, 4.69) is 41.2 Å². The first kappa shape index (κ1) is 27.5. The summed E-state index contributed by atoms with van der Waals surface area (Å²) >= 11 is 0. The Bertz CT molecular complexity index is 1170. The number of aldehydes is 1. The van der Waals surface area contributed by atoms with Gasteiger partial charge in [0.25, 0.3) is 0 Å². The third kappa shape index (κ3) is 8.17. The minimum absolute atomic E-state index is 0. The highest BCUT2D eigenvalue weighted by atomic mass is 16.4. The molecule has 2 aromatic heterocycles. The molecule has 4 aromatic rings. The van der Waals surface area contributed by atoms with Crippen LogP contribution in [0.15, 0.2) is 54.9 Å². The van der Waals surface area contributed by atoms with Crippen LogP contribution < -0.4 is 11.5 Å². The van der Waals surface area contributed by atoms with Gasteiger partial charge in [-0.15, -0.1) is 0 Å². The molecule has 0 aliphatic rings. The highest BCUT2D eigenvalue weighted by Crippen LogP contribution is 2.20. The second-order valence-electron chi connectivity index (χ2n) is 7.56. The van der Waals surface area contributed by atoms with Crippen LogP contribution in [0.1, 0.15) is 16.7 Å². The molecule has 9 heteroatoms. The SMILES string of the molecule is Cc1ccc2[nH]cc(C[C@H](N)C(=O)O)c2c1.Cc1ccc2[nH]ccc2c1.N[C@H](C=O)CO.O. The van der Waals surface area contributed by atoms with Crippen LogP contribution >= 0.6 is 0 Å². The Morgan fingerprint density at radius 1 is 1.03 bits per heavy atom. The quantitative estimate of drug-likeness (QED) is 0.247. The van der Waals surface area contributed by atoms with E-state index in [0.29, 0.717) is 12.7 Å². The highest BCUT2D eigenvalue weighted by Gasteiger charge is 2.14. The van der Waals surface area contributed by atoms with Gasteiger partial charge in [-0.25, -0.2) is 0 Å². The van der Waals surface area contributed by atoms with Gasteiger partial charge in [0.15, 0.2) is 0 Å². The molecule has 0 bridgehead atoms. The molecule has 178 valence electrons. The van der Waals surface area contributed by atoms with Crippen molar-refractivity contribution < 1.29 is 25.3 Å². The van der Waals surface area contributed by atoms with E-state index < -0.39 is 18.1 Å². The molecule has 2 atom stereocenters. The molecule has 0 aliphatic carbocycles. The zero-order chi connectivity index (χ0) is 23.7. The molecule has 4 rings (SSSR count). The lowest BCUT2D eigenvalue weighted by molar-refractivity contribution is -0.138. The number of benzene rings is 2. The van der Waals surface area contributed by atoms with Gasteiger partial charge in [0.05, 0.1) is 12.6 Å². The van der Waals surface area contributed by atoms with E-state index in [4.69, 9.17) is 21.7 Å². The number of aromatic amines is 2. The Morgan fingerprint density at radius 3 is 2.24 bits per heavy atom. The third-order valence-corrected chi connectivity index (χ3v) is 4.77. The van der Waals surface area contributed by atoms with Gasteiger partial charge in [-0.2, -0.15) is 0 Å². The Labute approximate surface area is 191 Å². The number of rotatable bonds is 5. The van der Waals surface area contributed by atoms with Crippen molar-refractivity contribution in [3.63, 3.8) is 0 Å². The summed E-state index contributed by atoms with van der Waals surface area (Å²) in [6, 6.07) is 13.0. The van der Waals surface area contributed by atoms with Crippen molar-refractivity contribution in [3.05, 3.63) is 71.5 Å². The maximum atomic E-state index is 10.7. The monoisotopic (exact) mass is 456 g/mol. The minimum Gasteiger partial charge on any atom is -0.480 e. The first-order chi connectivity index (χ1) is 15.2. The van der Waals surface area contributed by atoms with Crippen LogP contribution in [0.5, 0.6) is 0 Å². The predicted molar refractivity (Wildman–Crippen MR) is 130 cm³/mol. The maximum absolute atomic E-state index is 10.7. The molecule has 2 aromatic carbocycles. The lowest BCUT2D eigenvalue weighted by Crippen LogP contribution is -2.32. The average Bonchev–Trinajstić information content (AvgIpc) is 3.40. The number of aromatic nitrogens is 2. The van der Waals surface area contributed by atoms with Crippen LogP contribution in [-0.4, -0.2) is 56.6 Å². The zero-order valence-electron chi connectivity index (χ0n) is 18.7. The Balaban J connectivity index is 0.000000274. The zero-order valence-corrected chi connectivity index (χ0v) is 18.7. The van der Waals surface area contributed by atoms with Crippen molar-refractivity contribution in [2.75, 3.05) is 6.61 Å². The standard InChI is InChI=1S/C12H14N2O2.C9H9N.C3H7NO2.H2O/c1-7-2-3-11-9(4-7)8(6-14-11)5-10(13)12(15)16;1-7-2-3-9-8(6-7)4-5-10-9;4-3(1-5)2-6;/h2-4,6,10,14H,5,13H2,1H3,(H,15,16);2-6,10H,1H3;1,3,6H,2,4H2;1H2/t10-;;3-;/m0.1./s1. The number of H-pyrrole nitrogens is 2. The summed E-state index contributed by atoms with van der Waals surface area (Å²) < 4.78 is 0. The largest absolute Gasteiger partial charge is 0.480 e. The molecule has 0 radical (unpaired) electrons. The smallest absolute Gasteiger partial charge is 0.320 e. The van der Waals surface area contributed by atoms with E-state index in [9.17, 15) is 9.59 Å². The van der Waals surface area contributed by atoms with E-state index in [0.717, 1.165) is 22.0 Å². The number of hydrogen-bond acceptors (Lipinski definition) is 5. The number of aryl methyl sites for hydroxylation is 2. The molecule has 0 saturated heterocycles. The molecular formula is C24H32N4O5. The van der Waals surface area contributed by atoms with Crippen LogP contribution in [0.2, 0.25) is 0 Å². The molecule has 0 unspecified atom stereocenters. The first-order valence-electron chi connectivity index (χ1n) is 10.2. The Hall–Kier alpha value is -3.50. The number of nitrogens with two attached hydrogens (primary N) is 2. The van der Waals surface area contributed by atoms with Crippen molar-refractivity contribution in [1.29, 1.82) is 0 Å². The number of carbonyl (C=O) groups is 2. The van der Waals surface area contributed by atoms with Gasteiger partial charge in [-0.05, 0) is 55.1 Å². The second kappa shape index (κ2) is 13.1. The summed E-state index contributed by atoms with van der Waals surface area (Å²) in [5, 5.41) is 19.1. The van der Waals surface area contributed by atoms with Crippen molar-refractivity contribution in [3.8, 4) is 0 Å². The summed E-state index contributed by atoms with van der Waals surface area (Å²) in [7, 11) is 0. The fraction of sp³-hybridized carbons (Fsp3) is 0.250. The van der Waals surface area contributed by atoms with Crippen molar-refractivity contribution >= 4 is 34.1 Å². The molecule has 2 heterocycles. The van der Waals surface area contributed by atoms with Crippen molar-refractivity contribution in [1.82, 2.24) is 9.97 Å². The van der Waals surface area contributed by atoms with Crippen LogP contribution in [0, 0.1) is 13.8 Å². The van der Waals surface area contributed by atoms with Crippen LogP contribution in [-0.2, 0) is 16.0 Å². The second-order valence-corrected chi connectivity index (χ2v) is 7.56. The van der Waals surface area contributed by atoms with Gasteiger partial charge >= 0.3 is 5.97 Å². The van der Waals surface area contributed by atoms with Crippen molar-refractivity contribution in [2.45, 2.75) is 32.4 Å². The maximum Gasteiger partial charge on any atom is 0.320 e. The number of aliphatic carboxylic acids is 1. The fourth-order valence-electron chi connectivity index (χ4n) is 3.00. The number of fused-ring (bicyclic) bond motifs is 2. The van der Waals surface area contributed by atoms with E-state index in [1.54, 1.807) is 0 Å². The van der Waals surface area contributed by atoms with E-state index in [-0.39, 0.29) is 12.1 Å². The molecule has 0 amide bonds. The minimum atomic E-state index is -0.970. The van der Waals surface area contributed by atoms with Gasteiger partial charge in [0.1, 0.15) is 12.3 Å². The number of nitrogens with one attached hydrogen (secondary N) is 2. The van der Waals surface area contributed by atoms with Gasteiger partial charge in [-0.3, -0.25) is 4.79 Å². The number of hydrogen-bond donors (Lipinski definition) is 6. The molecule has 0 aliphatic heterocycles.